The fraction of sp³-hybridized carbons (Fsp3) is 0.353. The second-order valence-electron chi connectivity index (χ2n) is 5.96. The quantitative estimate of drug-likeness (QED) is 0.936. The highest BCUT2D eigenvalue weighted by atomic mass is 19.1. The fourth-order valence-electron chi connectivity index (χ4n) is 3.00. The molecule has 2 aromatic rings. The summed E-state index contributed by atoms with van der Waals surface area (Å²) in [7, 11) is 0. The monoisotopic (exact) mass is 331 g/mol. The molecule has 0 radical (unpaired) electrons. The van der Waals surface area contributed by atoms with Gasteiger partial charge in [0.1, 0.15) is 5.82 Å². The third-order valence-electron chi connectivity index (χ3n) is 4.37. The first kappa shape index (κ1) is 16.2. The van der Waals surface area contributed by atoms with E-state index in [0.29, 0.717) is 36.3 Å². The van der Waals surface area contributed by atoms with Crippen molar-refractivity contribution in [3.63, 3.8) is 0 Å². The molecule has 1 atom stereocenters. The molecule has 1 fully saturated rings. The van der Waals surface area contributed by atoms with Crippen molar-refractivity contribution < 1.29 is 19.1 Å². The lowest BCUT2D eigenvalue weighted by molar-refractivity contribution is -0.143. The molecule has 126 valence electrons. The average molecular weight is 331 g/mol. The van der Waals surface area contributed by atoms with Crippen LogP contribution < -0.4 is 0 Å². The van der Waals surface area contributed by atoms with Crippen molar-refractivity contribution >= 4 is 11.9 Å². The van der Waals surface area contributed by atoms with E-state index in [0.717, 1.165) is 0 Å². The molecule has 24 heavy (non-hydrogen) atoms. The Morgan fingerprint density at radius 2 is 2.00 bits per heavy atom. The summed E-state index contributed by atoms with van der Waals surface area (Å²) in [5.74, 6) is -1.94. The number of carbonyl (C=O) groups is 2. The van der Waals surface area contributed by atoms with Crippen LogP contribution in [0.1, 0.15) is 28.9 Å². The largest absolute Gasteiger partial charge is 0.481 e. The first-order chi connectivity index (χ1) is 11.5. The van der Waals surface area contributed by atoms with Crippen molar-refractivity contribution in [2.24, 2.45) is 5.92 Å². The van der Waals surface area contributed by atoms with Crippen LogP contribution in [0.15, 0.2) is 30.5 Å². The number of carboxylic acids is 1. The summed E-state index contributed by atoms with van der Waals surface area (Å²) in [6.07, 6.45) is 2.74. The SMILES string of the molecule is Cc1c(C(=O)N2CCC[C@H](C(=O)O)C2)cnn1-c1ccc(F)cc1. The second kappa shape index (κ2) is 6.43. The van der Waals surface area contributed by atoms with Gasteiger partial charge in [0, 0.05) is 13.1 Å². The van der Waals surface area contributed by atoms with Crippen molar-refractivity contribution in [3.8, 4) is 5.69 Å². The zero-order valence-corrected chi connectivity index (χ0v) is 13.3. The molecule has 6 nitrogen and oxygen atoms in total. The molecule has 0 spiro atoms. The predicted molar refractivity (Wildman–Crippen MR) is 84.5 cm³/mol. The van der Waals surface area contributed by atoms with E-state index in [2.05, 4.69) is 5.10 Å². The summed E-state index contributed by atoms with van der Waals surface area (Å²) in [6, 6.07) is 5.84. The van der Waals surface area contributed by atoms with Crippen LogP contribution in [0.4, 0.5) is 4.39 Å². The summed E-state index contributed by atoms with van der Waals surface area (Å²) < 4.78 is 14.6. The highest BCUT2D eigenvalue weighted by Crippen LogP contribution is 2.21. The molecular formula is C17H18FN3O3. The number of amides is 1. The number of carboxylic acid groups (broad SMARTS) is 1. The third kappa shape index (κ3) is 3.02. The van der Waals surface area contributed by atoms with Gasteiger partial charge in [-0.05, 0) is 44.0 Å². The number of benzene rings is 1. The molecule has 1 aromatic carbocycles. The van der Waals surface area contributed by atoms with Crippen molar-refractivity contribution in [1.82, 2.24) is 14.7 Å². The maximum atomic E-state index is 13.0. The van der Waals surface area contributed by atoms with Gasteiger partial charge in [-0.25, -0.2) is 9.07 Å². The molecule has 1 aromatic heterocycles. The van der Waals surface area contributed by atoms with Crippen LogP contribution >= 0.6 is 0 Å². The van der Waals surface area contributed by atoms with E-state index < -0.39 is 11.9 Å². The van der Waals surface area contributed by atoms with Crippen LogP contribution in [0, 0.1) is 18.7 Å². The van der Waals surface area contributed by atoms with Crippen LogP contribution in [0.5, 0.6) is 0 Å². The van der Waals surface area contributed by atoms with E-state index in [1.807, 2.05) is 0 Å². The van der Waals surface area contributed by atoms with Gasteiger partial charge in [-0.2, -0.15) is 5.10 Å². The van der Waals surface area contributed by atoms with Crippen LogP contribution in [0.2, 0.25) is 0 Å². The summed E-state index contributed by atoms with van der Waals surface area (Å²) in [5, 5.41) is 13.4. The molecular weight excluding hydrogens is 313 g/mol. The third-order valence-corrected chi connectivity index (χ3v) is 4.37. The minimum Gasteiger partial charge on any atom is -0.481 e. The summed E-state index contributed by atoms with van der Waals surface area (Å²) in [6.45, 7) is 2.53. The predicted octanol–water partition coefficient (Wildman–Crippen LogP) is 2.26. The van der Waals surface area contributed by atoms with E-state index in [4.69, 9.17) is 5.11 Å². The van der Waals surface area contributed by atoms with Gasteiger partial charge in [0.2, 0.25) is 0 Å². The number of halogens is 1. The molecule has 1 aliphatic heterocycles. The number of aliphatic carboxylic acids is 1. The van der Waals surface area contributed by atoms with Gasteiger partial charge in [0.25, 0.3) is 5.91 Å². The van der Waals surface area contributed by atoms with Crippen LogP contribution in [0.3, 0.4) is 0 Å². The Morgan fingerprint density at radius 3 is 2.67 bits per heavy atom. The topological polar surface area (TPSA) is 75.4 Å². The molecule has 1 amide bonds. The summed E-state index contributed by atoms with van der Waals surface area (Å²) in [4.78, 5) is 25.4. The standard InChI is InChI=1S/C17H18FN3O3/c1-11-15(9-19-21(11)14-6-4-13(18)5-7-14)16(22)20-8-2-3-12(10-20)17(23)24/h4-7,9,12H,2-3,8,10H2,1H3,(H,23,24)/t12-/m0/s1. The molecule has 0 unspecified atom stereocenters. The zero-order valence-electron chi connectivity index (χ0n) is 13.3. The van der Waals surface area contributed by atoms with Gasteiger partial charge in [-0.3, -0.25) is 9.59 Å². The number of rotatable bonds is 3. The minimum atomic E-state index is -0.869. The maximum Gasteiger partial charge on any atom is 0.308 e. The van der Waals surface area contributed by atoms with Gasteiger partial charge in [0.15, 0.2) is 0 Å². The van der Waals surface area contributed by atoms with E-state index in [1.54, 1.807) is 28.6 Å². The Balaban J connectivity index is 1.83. The lowest BCUT2D eigenvalue weighted by Gasteiger charge is -2.30. The molecule has 1 N–H and O–H groups in total. The number of nitrogens with zero attached hydrogens (tertiary/aromatic N) is 3. The van der Waals surface area contributed by atoms with E-state index in [9.17, 15) is 14.0 Å². The maximum absolute atomic E-state index is 13.0. The molecule has 1 saturated heterocycles. The number of hydrogen-bond donors (Lipinski definition) is 1. The average Bonchev–Trinajstić information content (AvgIpc) is 2.96. The van der Waals surface area contributed by atoms with Crippen molar-refractivity contribution in [2.45, 2.75) is 19.8 Å². The Kier molecular flexibility index (Phi) is 4.33. The molecule has 7 heteroatoms. The number of aromatic nitrogens is 2. The van der Waals surface area contributed by atoms with Gasteiger partial charge >= 0.3 is 5.97 Å². The smallest absolute Gasteiger partial charge is 0.308 e. The van der Waals surface area contributed by atoms with Crippen LogP contribution in [0.25, 0.3) is 5.69 Å². The minimum absolute atomic E-state index is 0.216. The molecule has 0 saturated carbocycles. The van der Waals surface area contributed by atoms with E-state index >= 15 is 0 Å². The summed E-state index contributed by atoms with van der Waals surface area (Å²) in [5.41, 5.74) is 1.74. The molecule has 0 bridgehead atoms. The first-order valence-electron chi connectivity index (χ1n) is 7.80. The van der Waals surface area contributed by atoms with Crippen molar-refractivity contribution in [2.75, 3.05) is 13.1 Å². The molecule has 1 aliphatic rings. The first-order valence-corrected chi connectivity index (χ1v) is 7.80. The highest BCUT2D eigenvalue weighted by molar-refractivity contribution is 5.95. The molecule has 2 heterocycles. The molecule has 0 aliphatic carbocycles. The van der Waals surface area contributed by atoms with E-state index in [1.165, 1.54) is 18.3 Å². The van der Waals surface area contributed by atoms with Gasteiger partial charge in [0.05, 0.1) is 29.1 Å². The Morgan fingerprint density at radius 1 is 1.29 bits per heavy atom. The Bertz CT molecular complexity index is 770. The number of piperidine rings is 1. The normalized spacial score (nSPS) is 17.8. The number of carbonyl (C=O) groups excluding carboxylic acids is 1. The second-order valence-corrected chi connectivity index (χ2v) is 5.96. The van der Waals surface area contributed by atoms with Gasteiger partial charge in [-0.1, -0.05) is 0 Å². The zero-order chi connectivity index (χ0) is 17.3. The fourth-order valence-corrected chi connectivity index (χ4v) is 3.00. The van der Waals surface area contributed by atoms with Crippen LogP contribution in [-0.2, 0) is 4.79 Å². The highest BCUT2D eigenvalue weighted by Gasteiger charge is 2.30. The van der Waals surface area contributed by atoms with Crippen molar-refractivity contribution in [1.29, 1.82) is 0 Å². The lowest BCUT2D eigenvalue weighted by atomic mass is 9.98. The van der Waals surface area contributed by atoms with E-state index in [-0.39, 0.29) is 18.3 Å². The van der Waals surface area contributed by atoms with Crippen LogP contribution in [-0.4, -0.2) is 44.8 Å². The number of hydrogen-bond acceptors (Lipinski definition) is 3. The summed E-state index contributed by atoms with van der Waals surface area (Å²) >= 11 is 0. The van der Waals surface area contributed by atoms with Crippen molar-refractivity contribution in [3.05, 3.63) is 47.5 Å². The number of likely N-dealkylation sites (tertiary alicyclic amines) is 1. The Labute approximate surface area is 138 Å². The lowest BCUT2D eigenvalue weighted by Crippen LogP contribution is -2.42. The molecule has 3 rings (SSSR count). The Hall–Kier alpha value is -2.70. The van der Waals surface area contributed by atoms with Gasteiger partial charge < -0.3 is 10.0 Å². The van der Waals surface area contributed by atoms with Gasteiger partial charge in [-0.15, -0.1) is 0 Å².